The average molecular weight is 412 g/mol. The molecule has 2 rings (SSSR count). The fraction of sp³-hybridized carbons (Fsp3) is 0.421. The second kappa shape index (κ2) is 10.7. The van der Waals surface area contributed by atoms with Gasteiger partial charge in [-0.2, -0.15) is 0 Å². The monoisotopic (exact) mass is 411 g/mol. The number of unbranched alkanes of at least 4 members (excludes halogenated alkanes) is 2. The molecule has 1 aromatic rings. The van der Waals surface area contributed by atoms with E-state index in [9.17, 15) is 9.59 Å². The number of halogens is 1. The first kappa shape index (κ1) is 20.9. The van der Waals surface area contributed by atoms with Crippen molar-refractivity contribution < 1.29 is 14.3 Å². The van der Waals surface area contributed by atoms with Crippen LogP contribution in [0.4, 0.5) is 0 Å². The predicted molar refractivity (Wildman–Crippen MR) is 111 cm³/mol. The van der Waals surface area contributed by atoms with Crippen LogP contribution < -0.4 is 0 Å². The number of benzene rings is 1. The second-order valence-corrected chi connectivity index (χ2v) is 7.97. The molecule has 0 radical (unpaired) electrons. The fourth-order valence-corrected chi connectivity index (χ4v) is 3.91. The second-order valence-electron chi connectivity index (χ2n) is 5.89. The number of rotatable bonds is 9. The van der Waals surface area contributed by atoms with E-state index in [1.165, 1.54) is 16.7 Å². The third-order valence-corrected chi connectivity index (χ3v) is 5.56. The molecule has 1 fully saturated rings. The minimum Gasteiger partial charge on any atom is -0.466 e. The maximum Gasteiger partial charge on any atom is 0.305 e. The minimum atomic E-state index is -0.224. The number of esters is 1. The summed E-state index contributed by atoms with van der Waals surface area (Å²) >= 11 is 12.7. The van der Waals surface area contributed by atoms with Gasteiger partial charge >= 0.3 is 5.97 Å². The van der Waals surface area contributed by atoms with Gasteiger partial charge in [0.25, 0.3) is 5.91 Å². The van der Waals surface area contributed by atoms with Gasteiger partial charge in [-0.15, -0.1) is 0 Å². The van der Waals surface area contributed by atoms with Crippen molar-refractivity contribution in [2.24, 2.45) is 0 Å². The van der Waals surface area contributed by atoms with Crippen molar-refractivity contribution in [2.45, 2.75) is 39.0 Å². The van der Waals surface area contributed by atoms with Crippen LogP contribution in [0.2, 0.25) is 5.02 Å². The quantitative estimate of drug-likeness (QED) is 0.246. The Bertz CT molecular complexity index is 706. The summed E-state index contributed by atoms with van der Waals surface area (Å²) in [7, 11) is 0. The molecule has 0 bridgehead atoms. The predicted octanol–water partition coefficient (Wildman–Crippen LogP) is 5.05. The van der Waals surface area contributed by atoms with Crippen LogP contribution in [0, 0.1) is 0 Å². The molecule has 4 nitrogen and oxygen atoms in total. The standard InChI is InChI=1S/C19H22ClNO3S2/c1-2-3-6-12-24-17(22)10-7-11-21-18(23)16(26-19(21)25)13-14-8-4-5-9-15(14)20/h4-5,8-9,13H,2-3,6-7,10-12H2,1H3/b16-13+. The van der Waals surface area contributed by atoms with Crippen molar-refractivity contribution >= 4 is 57.9 Å². The van der Waals surface area contributed by atoms with Gasteiger partial charge in [0.05, 0.1) is 11.5 Å². The number of nitrogens with zero attached hydrogens (tertiary/aromatic N) is 1. The third-order valence-electron chi connectivity index (χ3n) is 3.84. The van der Waals surface area contributed by atoms with Gasteiger partial charge in [-0.3, -0.25) is 14.5 Å². The first-order chi connectivity index (χ1) is 12.5. The molecular weight excluding hydrogens is 390 g/mol. The maximum absolute atomic E-state index is 12.5. The smallest absolute Gasteiger partial charge is 0.305 e. The lowest BCUT2D eigenvalue weighted by molar-refractivity contribution is -0.144. The molecule has 0 unspecified atom stereocenters. The molecule has 1 aliphatic rings. The Morgan fingerprint density at radius 1 is 1.31 bits per heavy atom. The molecule has 1 aromatic carbocycles. The summed E-state index contributed by atoms with van der Waals surface area (Å²) in [6.45, 7) is 2.98. The van der Waals surface area contributed by atoms with Crippen molar-refractivity contribution in [2.75, 3.05) is 13.2 Å². The lowest BCUT2D eigenvalue weighted by atomic mass is 10.2. The van der Waals surface area contributed by atoms with Crippen molar-refractivity contribution in [3.8, 4) is 0 Å². The molecule has 0 N–H and O–H groups in total. The van der Waals surface area contributed by atoms with Crippen LogP contribution in [-0.4, -0.2) is 34.2 Å². The summed E-state index contributed by atoms with van der Waals surface area (Å²) in [6.07, 6.45) is 5.61. The van der Waals surface area contributed by atoms with Gasteiger partial charge in [0.2, 0.25) is 0 Å². The molecule has 1 heterocycles. The van der Waals surface area contributed by atoms with E-state index in [2.05, 4.69) is 6.92 Å². The molecule has 0 aliphatic carbocycles. The Kier molecular flexibility index (Phi) is 8.62. The van der Waals surface area contributed by atoms with Crippen LogP contribution >= 0.6 is 35.6 Å². The number of hydrogen-bond acceptors (Lipinski definition) is 5. The highest BCUT2D eigenvalue weighted by Crippen LogP contribution is 2.33. The summed E-state index contributed by atoms with van der Waals surface area (Å²) in [5.74, 6) is -0.366. The van der Waals surface area contributed by atoms with E-state index < -0.39 is 0 Å². The largest absolute Gasteiger partial charge is 0.466 e. The molecule has 0 saturated carbocycles. The first-order valence-corrected chi connectivity index (χ1v) is 10.3. The van der Waals surface area contributed by atoms with Crippen molar-refractivity contribution in [3.05, 3.63) is 39.8 Å². The Morgan fingerprint density at radius 2 is 2.08 bits per heavy atom. The summed E-state index contributed by atoms with van der Waals surface area (Å²) in [6, 6.07) is 7.33. The zero-order valence-corrected chi connectivity index (χ0v) is 17.1. The molecule has 140 valence electrons. The van der Waals surface area contributed by atoms with E-state index in [0.717, 1.165) is 24.8 Å². The number of amides is 1. The van der Waals surface area contributed by atoms with Crippen LogP contribution in [0.3, 0.4) is 0 Å². The normalized spacial score (nSPS) is 15.8. The van der Waals surface area contributed by atoms with Crippen LogP contribution in [0.15, 0.2) is 29.2 Å². The van der Waals surface area contributed by atoms with E-state index in [-0.39, 0.29) is 18.3 Å². The van der Waals surface area contributed by atoms with E-state index in [1.807, 2.05) is 18.2 Å². The topological polar surface area (TPSA) is 46.6 Å². The summed E-state index contributed by atoms with van der Waals surface area (Å²) in [5.41, 5.74) is 0.783. The van der Waals surface area contributed by atoms with Gasteiger partial charge in [-0.25, -0.2) is 0 Å². The molecule has 0 atom stereocenters. The molecule has 0 aromatic heterocycles. The highest BCUT2D eigenvalue weighted by atomic mass is 35.5. The number of carbonyl (C=O) groups excluding carboxylic acids is 2. The number of carbonyl (C=O) groups is 2. The number of hydrogen-bond donors (Lipinski definition) is 0. The van der Waals surface area contributed by atoms with E-state index in [0.29, 0.717) is 33.8 Å². The van der Waals surface area contributed by atoms with E-state index >= 15 is 0 Å². The van der Waals surface area contributed by atoms with Gasteiger partial charge < -0.3 is 4.74 Å². The summed E-state index contributed by atoms with van der Waals surface area (Å²) in [4.78, 5) is 26.3. The number of thiocarbonyl (C=S) groups is 1. The highest BCUT2D eigenvalue weighted by Gasteiger charge is 2.31. The minimum absolute atomic E-state index is 0.142. The zero-order valence-electron chi connectivity index (χ0n) is 14.7. The maximum atomic E-state index is 12.5. The third kappa shape index (κ3) is 6.11. The van der Waals surface area contributed by atoms with Gasteiger partial charge in [-0.05, 0) is 30.5 Å². The van der Waals surface area contributed by atoms with Crippen LogP contribution in [0.1, 0.15) is 44.6 Å². The Labute approximate surface area is 168 Å². The Morgan fingerprint density at radius 3 is 2.81 bits per heavy atom. The number of ether oxygens (including phenoxy) is 1. The SMILES string of the molecule is CCCCCOC(=O)CCCN1C(=O)/C(=C\c2ccccc2Cl)SC1=S. The van der Waals surface area contributed by atoms with Gasteiger partial charge in [0, 0.05) is 18.0 Å². The highest BCUT2D eigenvalue weighted by molar-refractivity contribution is 8.26. The molecular formula is C19H22ClNO3S2. The Hall–Kier alpha value is -1.37. The van der Waals surface area contributed by atoms with Crippen molar-refractivity contribution in [1.82, 2.24) is 4.90 Å². The zero-order chi connectivity index (χ0) is 18.9. The number of thioether (sulfide) groups is 1. The molecule has 1 aliphatic heterocycles. The van der Waals surface area contributed by atoms with Crippen LogP contribution in [0.5, 0.6) is 0 Å². The lowest BCUT2D eigenvalue weighted by Crippen LogP contribution is -2.29. The molecule has 1 amide bonds. The molecule has 7 heteroatoms. The van der Waals surface area contributed by atoms with Gasteiger partial charge in [0.15, 0.2) is 0 Å². The van der Waals surface area contributed by atoms with Crippen molar-refractivity contribution in [3.63, 3.8) is 0 Å². The van der Waals surface area contributed by atoms with E-state index in [4.69, 9.17) is 28.6 Å². The summed E-state index contributed by atoms with van der Waals surface area (Å²) < 4.78 is 5.67. The molecule has 26 heavy (non-hydrogen) atoms. The summed E-state index contributed by atoms with van der Waals surface area (Å²) in [5, 5.41) is 0.587. The fourth-order valence-electron chi connectivity index (χ4n) is 2.42. The average Bonchev–Trinajstić information content (AvgIpc) is 2.88. The van der Waals surface area contributed by atoms with E-state index in [1.54, 1.807) is 12.1 Å². The molecule has 1 saturated heterocycles. The van der Waals surface area contributed by atoms with Gasteiger partial charge in [0.1, 0.15) is 4.32 Å². The Balaban J connectivity index is 1.84. The molecule has 0 spiro atoms. The lowest BCUT2D eigenvalue weighted by Gasteiger charge is -2.13. The van der Waals surface area contributed by atoms with Crippen LogP contribution in [-0.2, 0) is 14.3 Å². The van der Waals surface area contributed by atoms with Gasteiger partial charge in [-0.1, -0.05) is 73.5 Å². The van der Waals surface area contributed by atoms with Crippen LogP contribution in [0.25, 0.3) is 6.08 Å². The first-order valence-electron chi connectivity index (χ1n) is 8.68. The van der Waals surface area contributed by atoms with Crippen molar-refractivity contribution in [1.29, 1.82) is 0 Å².